The molecule has 0 atom stereocenters. The van der Waals surface area contributed by atoms with Gasteiger partial charge in [-0.2, -0.15) is 0 Å². The number of methoxy groups -OCH3 is 1. The van der Waals surface area contributed by atoms with Crippen molar-refractivity contribution >= 4 is 5.69 Å². The number of anilines is 1. The van der Waals surface area contributed by atoms with E-state index in [0.717, 1.165) is 16.9 Å². The zero-order valence-electron chi connectivity index (χ0n) is 9.97. The Kier molecular flexibility index (Phi) is 3.55. The molecule has 2 aromatic rings. The molecule has 1 N–H and O–H groups in total. The number of pyridine rings is 2. The van der Waals surface area contributed by atoms with Crippen LogP contribution in [0, 0.1) is 6.92 Å². The van der Waals surface area contributed by atoms with E-state index in [0.29, 0.717) is 12.4 Å². The molecule has 0 radical (unpaired) electrons. The van der Waals surface area contributed by atoms with Crippen LogP contribution in [0.5, 0.6) is 5.88 Å². The molecule has 4 heteroatoms. The van der Waals surface area contributed by atoms with Crippen molar-refractivity contribution in [3.05, 3.63) is 47.9 Å². The van der Waals surface area contributed by atoms with E-state index in [9.17, 15) is 0 Å². The lowest BCUT2D eigenvalue weighted by Crippen LogP contribution is -2.02. The zero-order valence-corrected chi connectivity index (χ0v) is 9.97. The maximum atomic E-state index is 5.16. The van der Waals surface area contributed by atoms with Crippen LogP contribution in [0.1, 0.15) is 11.3 Å². The third-order valence-corrected chi connectivity index (χ3v) is 2.42. The Hall–Kier alpha value is -2.10. The number of hydrogen-bond acceptors (Lipinski definition) is 4. The molecule has 0 unspecified atom stereocenters. The molecule has 0 aliphatic rings. The zero-order chi connectivity index (χ0) is 12.1. The van der Waals surface area contributed by atoms with E-state index < -0.39 is 0 Å². The molecule has 0 fully saturated rings. The second-order valence-electron chi connectivity index (χ2n) is 3.72. The van der Waals surface area contributed by atoms with E-state index in [1.165, 1.54) is 0 Å². The summed E-state index contributed by atoms with van der Waals surface area (Å²) in [7, 11) is 1.61. The van der Waals surface area contributed by atoms with E-state index in [4.69, 9.17) is 4.74 Å². The van der Waals surface area contributed by atoms with Gasteiger partial charge in [-0.05, 0) is 30.7 Å². The topological polar surface area (TPSA) is 47.0 Å². The van der Waals surface area contributed by atoms with E-state index >= 15 is 0 Å². The summed E-state index contributed by atoms with van der Waals surface area (Å²) < 4.78 is 5.16. The molecule has 0 bridgehead atoms. The van der Waals surface area contributed by atoms with Gasteiger partial charge >= 0.3 is 0 Å². The van der Waals surface area contributed by atoms with Crippen LogP contribution in [-0.2, 0) is 6.54 Å². The highest BCUT2D eigenvalue weighted by molar-refractivity contribution is 5.52. The molecule has 0 aliphatic heterocycles. The van der Waals surface area contributed by atoms with Crippen LogP contribution in [0.25, 0.3) is 0 Å². The van der Waals surface area contributed by atoms with Gasteiger partial charge in [0, 0.05) is 24.6 Å². The lowest BCUT2D eigenvalue weighted by molar-refractivity contribution is 0.399. The van der Waals surface area contributed by atoms with Crippen molar-refractivity contribution in [2.75, 3.05) is 12.4 Å². The highest BCUT2D eigenvalue weighted by Gasteiger charge is 2.02. The minimum Gasteiger partial charge on any atom is -0.480 e. The number of aromatic nitrogens is 2. The predicted octanol–water partition coefficient (Wildman–Crippen LogP) is 2.41. The summed E-state index contributed by atoms with van der Waals surface area (Å²) in [5, 5.41) is 3.27. The molecule has 0 spiro atoms. The molecular weight excluding hydrogens is 214 g/mol. The molecular formula is C13H15N3O. The summed E-state index contributed by atoms with van der Waals surface area (Å²) >= 11 is 0. The van der Waals surface area contributed by atoms with Crippen molar-refractivity contribution in [2.45, 2.75) is 13.5 Å². The van der Waals surface area contributed by atoms with Crippen molar-refractivity contribution in [3.8, 4) is 5.88 Å². The highest BCUT2D eigenvalue weighted by Crippen LogP contribution is 2.20. The molecule has 0 aromatic carbocycles. The Morgan fingerprint density at radius 1 is 1.24 bits per heavy atom. The smallest absolute Gasteiger partial charge is 0.237 e. The monoisotopic (exact) mass is 229 g/mol. The van der Waals surface area contributed by atoms with Crippen LogP contribution < -0.4 is 10.1 Å². The van der Waals surface area contributed by atoms with Crippen molar-refractivity contribution in [1.82, 2.24) is 9.97 Å². The minimum absolute atomic E-state index is 0.604. The summed E-state index contributed by atoms with van der Waals surface area (Å²) in [6.45, 7) is 2.68. The third-order valence-electron chi connectivity index (χ3n) is 2.42. The Morgan fingerprint density at radius 3 is 2.82 bits per heavy atom. The highest BCUT2D eigenvalue weighted by atomic mass is 16.5. The van der Waals surface area contributed by atoms with Gasteiger partial charge in [0.05, 0.1) is 12.8 Å². The average molecular weight is 229 g/mol. The maximum Gasteiger partial charge on any atom is 0.237 e. The molecule has 2 aromatic heterocycles. The first-order valence-electron chi connectivity index (χ1n) is 5.44. The van der Waals surface area contributed by atoms with Crippen LogP contribution >= 0.6 is 0 Å². The van der Waals surface area contributed by atoms with Crippen LogP contribution in [0.15, 0.2) is 36.7 Å². The van der Waals surface area contributed by atoms with Crippen LogP contribution in [-0.4, -0.2) is 17.1 Å². The van der Waals surface area contributed by atoms with Crippen molar-refractivity contribution in [3.63, 3.8) is 0 Å². The summed E-state index contributed by atoms with van der Waals surface area (Å²) in [5.41, 5.74) is 3.03. The quantitative estimate of drug-likeness (QED) is 0.874. The number of rotatable bonds is 4. The molecule has 0 saturated carbocycles. The molecule has 0 aliphatic carbocycles. The maximum absolute atomic E-state index is 5.16. The van der Waals surface area contributed by atoms with Gasteiger partial charge in [-0.3, -0.25) is 4.98 Å². The molecule has 0 saturated heterocycles. The van der Waals surface area contributed by atoms with Crippen molar-refractivity contribution in [1.29, 1.82) is 0 Å². The van der Waals surface area contributed by atoms with E-state index in [-0.39, 0.29) is 0 Å². The molecule has 17 heavy (non-hydrogen) atoms. The lowest BCUT2D eigenvalue weighted by Gasteiger charge is -2.09. The van der Waals surface area contributed by atoms with Gasteiger partial charge in [0.15, 0.2) is 0 Å². The number of nitrogens with one attached hydrogen (secondary N) is 1. The van der Waals surface area contributed by atoms with Crippen LogP contribution in [0.3, 0.4) is 0 Å². The Bertz CT molecular complexity index is 482. The molecule has 2 heterocycles. The van der Waals surface area contributed by atoms with E-state index in [1.54, 1.807) is 13.3 Å². The Balaban J connectivity index is 2.04. The van der Waals surface area contributed by atoms with Gasteiger partial charge in [0.1, 0.15) is 0 Å². The number of aryl methyl sites for hydroxylation is 1. The van der Waals surface area contributed by atoms with Crippen LogP contribution in [0.2, 0.25) is 0 Å². The fourth-order valence-electron chi connectivity index (χ4n) is 1.49. The first kappa shape index (κ1) is 11.4. The third kappa shape index (κ3) is 2.93. The van der Waals surface area contributed by atoms with Crippen molar-refractivity contribution in [2.24, 2.45) is 0 Å². The molecule has 88 valence electrons. The lowest BCUT2D eigenvalue weighted by atomic mass is 10.2. The fourth-order valence-corrected chi connectivity index (χ4v) is 1.49. The number of nitrogens with zero attached hydrogens (tertiary/aromatic N) is 2. The number of hydrogen-bond donors (Lipinski definition) is 1. The first-order chi connectivity index (χ1) is 8.29. The standard InChI is InChI=1S/C13H15N3O/c1-10-5-6-11(8-15-10)9-16-12-4-3-7-14-13(12)17-2/h3-8,16H,9H2,1-2H3. The van der Waals surface area contributed by atoms with Gasteiger partial charge in [0.25, 0.3) is 0 Å². The Morgan fingerprint density at radius 2 is 2.12 bits per heavy atom. The molecule has 2 rings (SSSR count). The predicted molar refractivity (Wildman–Crippen MR) is 67.1 cm³/mol. The second kappa shape index (κ2) is 5.30. The minimum atomic E-state index is 0.604. The van der Waals surface area contributed by atoms with Gasteiger partial charge in [-0.1, -0.05) is 6.07 Å². The molecule has 4 nitrogen and oxygen atoms in total. The SMILES string of the molecule is COc1ncccc1NCc1ccc(C)nc1. The summed E-state index contributed by atoms with van der Waals surface area (Å²) in [6, 6.07) is 7.86. The Labute approximate surface area is 101 Å². The van der Waals surface area contributed by atoms with Gasteiger partial charge < -0.3 is 10.1 Å². The average Bonchev–Trinajstić information content (AvgIpc) is 2.38. The fraction of sp³-hybridized carbons (Fsp3) is 0.231. The first-order valence-corrected chi connectivity index (χ1v) is 5.44. The van der Waals surface area contributed by atoms with E-state index in [1.807, 2.05) is 31.3 Å². The van der Waals surface area contributed by atoms with Gasteiger partial charge in [-0.15, -0.1) is 0 Å². The van der Waals surface area contributed by atoms with E-state index in [2.05, 4.69) is 21.4 Å². The van der Waals surface area contributed by atoms with Gasteiger partial charge in [0.2, 0.25) is 5.88 Å². The van der Waals surface area contributed by atoms with Crippen LogP contribution in [0.4, 0.5) is 5.69 Å². The largest absolute Gasteiger partial charge is 0.480 e. The second-order valence-corrected chi connectivity index (χ2v) is 3.72. The summed E-state index contributed by atoms with van der Waals surface area (Å²) in [4.78, 5) is 8.37. The normalized spacial score (nSPS) is 10.0. The molecule has 0 amide bonds. The van der Waals surface area contributed by atoms with Crippen molar-refractivity contribution < 1.29 is 4.74 Å². The summed E-state index contributed by atoms with van der Waals surface area (Å²) in [5.74, 6) is 0.604. The summed E-state index contributed by atoms with van der Waals surface area (Å²) in [6.07, 6.45) is 3.57. The van der Waals surface area contributed by atoms with Gasteiger partial charge in [-0.25, -0.2) is 4.98 Å². The number of ether oxygens (including phenoxy) is 1.